The van der Waals surface area contributed by atoms with Crippen LogP contribution in [0.15, 0.2) is 48.5 Å². The third-order valence-corrected chi connectivity index (χ3v) is 3.27. The maximum Gasteiger partial charge on any atom is 0.416 e. The van der Waals surface area contributed by atoms with E-state index in [4.69, 9.17) is 4.74 Å². The van der Waals surface area contributed by atoms with E-state index in [-0.39, 0.29) is 5.69 Å². The number of amides is 1. The number of nitro benzene ring substituents is 1. The second-order valence-corrected chi connectivity index (χ2v) is 5.17. The Kier molecular flexibility index (Phi) is 5.65. The van der Waals surface area contributed by atoms with Crippen molar-refractivity contribution in [3.05, 3.63) is 64.2 Å². The summed E-state index contributed by atoms with van der Waals surface area (Å²) in [6, 6.07) is 10.4. The van der Waals surface area contributed by atoms with Gasteiger partial charge in [0.05, 0.1) is 10.5 Å². The number of nitrogens with one attached hydrogen (secondary N) is 2. The second kappa shape index (κ2) is 7.72. The summed E-state index contributed by atoms with van der Waals surface area (Å²) in [5.74, 6) is -0.223. The molecule has 0 fully saturated rings. The zero-order chi connectivity index (χ0) is 19.3. The Hall–Kier alpha value is -3.30. The van der Waals surface area contributed by atoms with E-state index < -0.39 is 34.4 Å². The first-order valence-electron chi connectivity index (χ1n) is 7.31. The van der Waals surface area contributed by atoms with Crippen molar-refractivity contribution in [1.29, 1.82) is 0 Å². The van der Waals surface area contributed by atoms with Crippen LogP contribution < -0.4 is 15.6 Å². The van der Waals surface area contributed by atoms with Gasteiger partial charge in [0, 0.05) is 6.07 Å². The monoisotopic (exact) mass is 369 g/mol. The van der Waals surface area contributed by atoms with Gasteiger partial charge in [-0.15, -0.1) is 0 Å². The number of nitrogens with zero attached hydrogens (tertiary/aromatic N) is 1. The fourth-order valence-corrected chi connectivity index (χ4v) is 1.95. The predicted molar refractivity (Wildman–Crippen MR) is 86.4 cm³/mol. The van der Waals surface area contributed by atoms with Gasteiger partial charge in [-0.25, -0.2) is 0 Å². The largest absolute Gasteiger partial charge is 0.481 e. The Bertz CT molecular complexity index is 797. The number of halogens is 3. The molecule has 2 N–H and O–H groups in total. The van der Waals surface area contributed by atoms with E-state index >= 15 is 0 Å². The maximum absolute atomic E-state index is 12.7. The van der Waals surface area contributed by atoms with Crippen LogP contribution in [0.3, 0.4) is 0 Å². The average Bonchev–Trinajstić information content (AvgIpc) is 2.59. The summed E-state index contributed by atoms with van der Waals surface area (Å²) in [6.45, 7) is 1.45. The van der Waals surface area contributed by atoms with Crippen LogP contribution >= 0.6 is 0 Å². The summed E-state index contributed by atoms with van der Waals surface area (Å²) in [6.07, 6.45) is -5.66. The van der Waals surface area contributed by atoms with Gasteiger partial charge < -0.3 is 4.74 Å². The van der Waals surface area contributed by atoms with Gasteiger partial charge in [0.1, 0.15) is 11.4 Å². The molecule has 10 heteroatoms. The van der Waals surface area contributed by atoms with E-state index in [9.17, 15) is 28.1 Å². The number of anilines is 1. The topological polar surface area (TPSA) is 93.5 Å². The molecule has 0 heterocycles. The minimum Gasteiger partial charge on any atom is -0.481 e. The molecule has 2 aromatic carbocycles. The van der Waals surface area contributed by atoms with Crippen molar-refractivity contribution < 1.29 is 27.6 Å². The van der Waals surface area contributed by atoms with Gasteiger partial charge in [-0.05, 0) is 31.2 Å². The molecule has 2 aromatic rings. The van der Waals surface area contributed by atoms with E-state index in [0.29, 0.717) is 17.9 Å². The first kappa shape index (κ1) is 19.0. The Balaban J connectivity index is 2.06. The Labute approximate surface area is 145 Å². The third-order valence-electron chi connectivity index (χ3n) is 3.27. The number of carbonyl (C=O) groups excluding carboxylic acids is 1. The lowest BCUT2D eigenvalue weighted by Gasteiger charge is -2.16. The quantitative estimate of drug-likeness (QED) is 0.600. The van der Waals surface area contributed by atoms with Crippen LogP contribution in [0.5, 0.6) is 5.75 Å². The summed E-state index contributed by atoms with van der Waals surface area (Å²) in [5, 5.41) is 11.0. The van der Waals surface area contributed by atoms with Crippen LogP contribution in [0.1, 0.15) is 12.5 Å². The fourth-order valence-electron chi connectivity index (χ4n) is 1.95. The molecule has 0 saturated carbocycles. The van der Waals surface area contributed by atoms with Crippen molar-refractivity contribution in [2.24, 2.45) is 0 Å². The smallest absolute Gasteiger partial charge is 0.416 e. The molecular weight excluding hydrogens is 355 g/mol. The number of carbonyl (C=O) groups is 1. The summed E-state index contributed by atoms with van der Waals surface area (Å²) in [4.78, 5) is 22.0. The zero-order valence-electron chi connectivity index (χ0n) is 13.4. The molecule has 1 atom stereocenters. The lowest BCUT2D eigenvalue weighted by Crippen LogP contribution is -2.39. The molecule has 2 rings (SSSR count). The van der Waals surface area contributed by atoms with Crippen molar-refractivity contribution >= 4 is 17.3 Å². The number of para-hydroxylation sites is 1. The molecule has 0 spiro atoms. The molecule has 1 unspecified atom stereocenters. The molecule has 0 aliphatic heterocycles. The van der Waals surface area contributed by atoms with Gasteiger partial charge in [0.15, 0.2) is 6.10 Å². The van der Waals surface area contributed by atoms with E-state index in [1.807, 2.05) is 0 Å². The van der Waals surface area contributed by atoms with Gasteiger partial charge >= 0.3 is 6.18 Å². The average molecular weight is 369 g/mol. The molecule has 1 amide bonds. The number of nitro groups is 1. The van der Waals surface area contributed by atoms with Crippen LogP contribution in [0.4, 0.5) is 24.5 Å². The number of benzene rings is 2. The highest BCUT2D eigenvalue weighted by Gasteiger charge is 2.33. The molecule has 0 aromatic heterocycles. The Morgan fingerprint density at radius 3 is 2.42 bits per heavy atom. The van der Waals surface area contributed by atoms with Crippen LogP contribution in [-0.2, 0) is 11.0 Å². The molecule has 26 heavy (non-hydrogen) atoms. The van der Waals surface area contributed by atoms with E-state index in [1.165, 1.54) is 6.92 Å². The van der Waals surface area contributed by atoms with E-state index in [1.54, 1.807) is 30.3 Å². The molecule has 138 valence electrons. The molecule has 0 aliphatic rings. The van der Waals surface area contributed by atoms with Crippen LogP contribution in [0.2, 0.25) is 0 Å². The van der Waals surface area contributed by atoms with Crippen molar-refractivity contribution in [3.63, 3.8) is 0 Å². The summed E-state index contributed by atoms with van der Waals surface area (Å²) < 4.78 is 43.4. The fraction of sp³-hybridized carbons (Fsp3) is 0.188. The van der Waals surface area contributed by atoms with Gasteiger partial charge in [-0.3, -0.25) is 25.8 Å². The number of hydrazine groups is 1. The van der Waals surface area contributed by atoms with Crippen LogP contribution in [-0.4, -0.2) is 16.9 Å². The van der Waals surface area contributed by atoms with Gasteiger partial charge in [-0.2, -0.15) is 13.2 Å². The first-order valence-corrected chi connectivity index (χ1v) is 7.31. The Morgan fingerprint density at radius 1 is 1.19 bits per heavy atom. The van der Waals surface area contributed by atoms with E-state index in [2.05, 4.69) is 10.9 Å². The highest BCUT2D eigenvalue weighted by molar-refractivity contribution is 5.82. The normalized spacial score (nSPS) is 12.2. The van der Waals surface area contributed by atoms with E-state index in [0.717, 1.165) is 6.07 Å². The first-order chi connectivity index (χ1) is 12.2. The summed E-state index contributed by atoms with van der Waals surface area (Å²) >= 11 is 0. The minimum atomic E-state index is -4.72. The van der Waals surface area contributed by atoms with Gasteiger partial charge in [0.25, 0.3) is 11.6 Å². The van der Waals surface area contributed by atoms with Gasteiger partial charge in [-0.1, -0.05) is 18.2 Å². The number of alkyl halides is 3. The van der Waals surface area contributed by atoms with Crippen molar-refractivity contribution in [1.82, 2.24) is 5.43 Å². The minimum absolute atomic E-state index is 0.289. The molecule has 7 nitrogen and oxygen atoms in total. The number of rotatable bonds is 6. The Morgan fingerprint density at radius 2 is 1.85 bits per heavy atom. The second-order valence-electron chi connectivity index (χ2n) is 5.17. The molecular formula is C16H14F3N3O4. The molecule has 0 aliphatic carbocycles. The zero-order valence-corrected chi connectivity index (χ0v) is 13.4. The standard InChI is InChI=1S/C16H14F3N3O4/c1-10(26-12-5-3-2-4-6-12)15(23)21-20-13-8-7-11(16(17,18)19)9-14(13)22(24)25/h2-10,20H,1H3,(H,21,23). The summed E-state index contributed by atoms with van der Waals surface area (Å²) in [5.41, 5.74) is 2.15. The van der Waals surface area contributed by atoms with Crippen molar-refractivity contribution in [2.45, 2.75) is 19.2 Å². The molecule has 0 radical (unpaired) electrons. The number of hydrogen-bond acceptors (Lipinski definition) is 5. The SMILES string of the molecule is CC(Oc1ccccc1)C(=O)NNc1ccc(C(F)(F)F)cc1[N+](=O)[O-]. The van der Waals surface area contributed by atoms with Crippen LogP contribution in [0.25, 0.3) is 0 Å². The highest BCUT2D eigenvalue weighted by Crippen LogP contribution is 2.34. The highest BCUT2D eigenvalue weighted by atomic mass is 19.4. The number of hydrogen-bond donors (Lipinski definition) is 2. The third kappa shape index (κ3) is 4.85. The van der Waals surface area contributed by atoms with Crippen molar-refractivity contribution in [2.75, 3.05) is 5.43 Å². The molecule has 0 saturated heterocycles. The van der Waals surface area contributed by atoms with Crippen LogP contribution in [0, 0.1) is 10.1 Å². The predicted octanol–water partition coefficient (Wildman–Crippen LogP) is 3.52. The summed E-state index contributed by atoms with van der Waals surface area (Å²) in [7, 11) is 0. The number of ether oxygens (including phenoxy) is 1. The van der Waals surface area contributed by atoms with Crippen molar-refractivity contribution in [3.8, 4) is 5.75 Å². The lowest BCUT2D eigenvalue weighted by molar-refractivity contribution is -0.384. The lowest BCUT2D eigenvalue weighted by atomic mass is 10.1. The van der Waals surface area contributed by atoms with Gasteiger partial charge in [0.2, 0.25) is 0 Å². The molecule has 0 bridgehead atoms. The maximum atomic E-state index is 12.7.